The summed E-state index contributed by atoms with van der Waals surface area (Å²) in [5.74, 6) is 2.78. The van der Waals surface area contributed by atoms with Crippen LogP contribution >= 0.6 is 0 Å². The summed E-state index contributed by atoms with van der Waals surface area (Å²) in [7, 11) is 3.77. The molecule has 3 saturated carbocycles. The summed E-state index contributed by atoms with van der Waals surface area (Å²) in [5.41, 5.74) is 2.16. The van der Waals surface area contributed by atoms with E-state index in [1.54, 1.807) is 12.7 Å². The standard InChI is InChI=1S/C29H47NO4/c1-17(31)22-9-10-23-21-8-7-19-15-20(11-13-28(19,3)24(21)12-14-29(22,23)4)34-26-16-25(32-6)27(30-5)18(2)33-26/h10,18-22,24-27,30H,7-9,11-16H2,1-6H3/t18-,19+,20+,21+,22-,24+,25+,26+,27-,28+,29-/m1/s1. The van der Waals surface area contributed by atoms with Crippen molar-refractivity contribution in [2.75, 3.05) is 14.2 Å². The molecule has 0 aromatic heterocycles. The Kier molecular flexibility index (Phi) is 6.80. The van der Waals surface area contributed by atoms with Crippen molar-refractivity contribution in [1.82, 2.24) is 5.32 Å². The SMILES string of the molecule is CN[C@H]1[C@@H](OC)C[C@H](O[C@H]2CC[C@@]3(C)[C@@H](CC[C@H]4C5=CC[C@H](C(C)=O)[C@@]5(C)CC[C@@H]43)C2)O[C@@H]1C. The average Bonchev–Trinajstić information content (AvgIpc) is 3.16. The Morgan fingerprint density at radius 3 is 2.65 bits per heavy atom. The molecule has 1 saturated heterocycles. The van der Waals surface area contributed by atoms with Crippen LogP contribution in [-0.2, 0) is 19.0 Å². The largest absolute Gasteiger partial charge is 0.380 e. The first-order valence-corrected chi connectivity index (χ1v) is 13.9. The Morgan fingerprint density at radius 2 is 1.94 bits per heavy atom. The highest BCUT2D eigenvalue weighted by Crippen LogP contribution is 2.66. The number of ketones is 1. The quantitative estimate of drug-likeness (QED) is 0.435. The normalized spacial score (nSPS) is 50.6. The smallest absolute Gasteiger partial charge is 0.160 e. The van der Waals surface area contributed by atoms with Crippen LogP contribution in [-0.4, -0.2) is 50.6 Å². The average molecular weight is 474 g/mol. The van der Waals surface area contributed by atoms with Gasteiger partial charge in [-0.15, -0.1) is 0 Å². The number of hydrogen-bond acceptors (Lipinski definition) is 5. The second-order valence-corrected chi connectivity index (χ2v) is 12.6. The first kappa shape index (κ1) is 24.9. The number of hydrogen-bond donors (Lipinski definition) is 1. The van der Waals surface area contributed by atoms with Gasteiger partial charge in [0.15, 0.2) is 6.29 Å². The second-order valence-electron chi connectivity index (χ2n) is 12.6. The zero-order valence-electron chi connectivity index (χ0n) is 22.3. The van der Waals surface area contributed by atoms with E-state index in [2.05, 4.69) is 32.2 Å². The third kappa shape index (κ3) is 3.93. The van der Waals surface area contributed by atoms with Crippen LogP contribution in [0.4, 0.5) is 0 Å². The van der Waals surface area contributed by atoms with Crippen LogP contribution in [0.1, 0.15) is 85.5 Å². The highest BCUT2D eigenvalue weighted by molar-refractivity contribution is 5.80. The number of allylic oxidation sites excluding steroid dienone is 2. The van der Waals surface area contributed by atoms with Crippen LogP contribution in [0.3, 0.4) is 0 Å². The van der Waals surface area contributed by atoms with Gasteiger partial charge in [-0.1, -0.05) is 25.5 Å². The molecular formula is C29H47NO4. The van der Waals surface area contributed by atoms with Crippen molar-refractivity contribution in [3.8, 4) is 0 Å². The van der Waals surface area contributed by atoms with Gasteiger partial charge in [0.25, 0.3) is 0 Å². The maximum Gasteiger partial charge on any atom is 0.160 e. The predicted octanol–water partition coefficient (Wildman–Crippen LogP) is 5.28. The number of nitrogens with one attached hydrogen (secondary N) is 1. The Morgan fingerprint density at radius 1 is 1.15 bits per heavy atom. The molecule has 0 aromatic carbocycles. The number of fused-ring (bicyclic) bond motifs is 5. The zero-order chi connectivity index (χ0) is 24.3. The molecule has 0 bridgehead atoms. The van der Waals surface area contributed by atoms with E-state index >= 15 is 0 Å². The molecule has 4 aliphatic carbocycles. The summed E-state index contributed by atoms with van der Waals surface area (Å²) in [6.07, 6.45) is 13.1. The zero-order valence-corrected chi connectivity index (χ0v) is 22.3. The van der Waals surface area contributed by atoms with Gasteiger partial charge in [0, 0.05) is 19.4 Å². The molecule has 5 aliphatic rings. The molecule has 0 radical (unpaired) electrons. The van der Waals surface area contributed by atoms with Gasteiger partial charge in [0.2, 0.25) is 0 Å². The summed E-state index contributed by atoms with van der Waals surface area (Å²) in [4.78, 5) is 12.4. The van der Waals surface area contributed by atoms with E-state index in [-0.39, 0.29) is 42.0 Å². The Labute approximate surface area is 206 Å². The maximum atomic E-state index is 12.4. The van der Waals surface area contributed by atoms with E-state index in [1.165, 1.54) is 32.1 Å². The van der Waals surface area contributed by atoms with Crippen LogP contribution < -0.4 is 5.32 Å². The van der Waals surface area contributed by atoms with E-state index in [4.69, 9.17) is 14.2 Å². The monoisotopic (exact) mass is 473 g/mol. The molecule has 1 heterocycles. The van der Waals surface area contributed by atoms with Gasteiger partial charge in [-0.05, 0) is 101 Å². The van der Waals surface area contributed by atoms with Crippen LogP contribution in [0.15, 0.2) is 11.6 Å². The third-order valence-corrected chi connectivity index (χ3v) is 11.2. The van der Waals surface area contributed by atoms with E-state index in [0.717, 1.165) is 37.5 Å². The van der Waals surface area contributed by atoms with Gasteiger partial charge < -0.3 is 19.5 Å². The summed E-state index contributed by atoms with van der Waals surface area (Å²) in [6.45, 7) is 8.91. The maximum absolute atomic E-state index is 12.4. The lowest BCUT2D eigenvalue weighted by atomic mass is 9.46. The summed E-state index contributed by atoms with van der Waals surface area (Å²) >= 11 is 0. The number of carbonyl (C=O) groups excluding carboxylic acids is 1. The minimum atomic E-state index is -0.169. The van der Waals surface area contributed by atoms with Crippen molar-refractivity contribution in [1.29, 1.82) is 0 Å². The van der Waals surface area contributed by atoms with Crippen molar-refractivity contribution < 1.29 is 19.0 Å². The van der Waals surface area contributed by atoms with Crippen molar-refractivity contribution in [2.24, 2.45) is 34.5 Å². The first-order chi connectivity index (χ1) is 16.2. The molecule has 192 valence electrons. The van der Waals surface area contributed by atoms with Crippen LogP contribution in [0, 0.1) is 34.5 Å². The highest BCUT2D eigenvalue weighted by atomic mass is 16.7. The molecule has 0 unspecified atom stereocenters. The fourth-order valence-electron chi connectivity index (χ4n) is 9.27. The Hall–Kier alpha value is -0.750. The van der Waals surface area contributed by atoms with Gasteiger partial charge in [-0.2, -0.15) is 0 Å². The molecule has 0 amide bonds. The molecule has 4 fully saturated rings. The molecule has 5 nitrogen and oxygen atoms in total. The van der Waals surface area contributed by atoms with Crippen LogP contribution in [0.25, 0.3) is 0 Å². The molecule has 1 N–H and O–H groups in total. The van der Waals surface area contributed by atoms with Crippen molar-refractivity contribution in [3.63, 3.8) is 0 Å². The number of carbonyl (C=O) groups is 1. The fourth-order valence-corrected chi connectivity index (χ4v) is 9.27. The topological polar surface area (TPSA) is 56.8 Å². The lowest BCUT2D eigenvalue weighted by Gasteiger charge is -2.59. The minimum absolute atomic E-state index is 0.0769. The van der Waals surface area contributed by atoms with E-state index < -0.39 is 0 Å². The molecule has 1 aliphatic heterocycles. The number of Topliss-reactive ketones (excluding diaryl/α,β-unsaturated/α-hetero) is 1. The first-order valence-electron chi connectivity index (χ1n) is 13.9. The fraction of sp³-hybridized carbons (Fsp3) is 0.897. The van der Waals surface area contributed by atoms with Gasteiger partial charge >= 0.3 is 0 Å². The number of ether oxygens (including phenoxy) is 3. The van der Waals surface area contributed by atoms with Crippen molar-refractivity contribution >= 4 is 5.78 Å². The van der Waals surface area contributed by atoms with E-state index in [0.29, 0.717) is 17.1 Å². The van der Waals surface area contributed by atoms with Gasteiger partial charge in [0.1, 0.15) is 5.78 Å². The van der Waals surface area contributed by atoms with E-state index in [9.17, 15) is 4.79 Å². The summed E-state index contributed by atoms with van der Waals surface area (Å²) in [5, 5.41) is 3.35. The minimum Gasteiger partial charge on any atom is -0.380 e. The van der Waals surface area contributed by atoms with Crippen LogP contribution in [0.5, 0.6) is 0 Å². The lowest BCUT2D eigenvalue weighted by Crippen LogP contribution is -2.56. The summed E-state index contributed by atoms with van der Waals surface area (Å²) < 4.78 is 18.6. The van der Waals surface area contributed by atoms with Crippen molar-refractivity contribution in [3.05, 3.63) is 11.6 Å². The lowest BCUT2D eigenvalue weighted by molar-refractivity contribution is -0.251. The summed E-state index contributed by atoms with van der Waals surface area (Å²) in [6, 6.07) is 0.208. The molecule has 0 aromatic rings. The van der Waals surface area contributed by atoms with Gasteiger partial charge in [-0.25, -0.2) is 0 Å². The predicted molar refractivity (Wildman–Crippen MR) is 133 cm³/mol. The number of rotatable bonds is 5. The third-order valence-electron chi connectivity index (χ3n) is 11.2. The Balaban J connectivity index is 1.24. The van der Waals surface area contributed by atoms with E-state index in [1.807, 2.05) is 14.0 Å². The van der Waals surface area contributed by atoms with Crippen molar-refractivity contribution in [2.45, 2.75) is 116 Å². The molecule has 34 heavy (non-hydrogen) atoms. The number of likely N-dealkylation sites (N-methyl/N-ethyl adjacent to an activating group) is 1. The Bertz CT molecular complexity index is 812. The van der Waals surface area contributed by atoms with Gasteiger partial charge in [0.05, 0.1) is 24.4 Å². The number of methoxy groups -OCH3 is 1. The molecule has 0 spiro atoms. The van der Waals surface area contributed by atoms with Gasteiger partial charge in [-0.3, -0.25) is 4.79 Å². The molecule has 5 rings (SSSR count). The molecule has 11 atom stereocenters. The molecular weight excluding hydrogens is 426 g/mol. The second kappa shape index (κ2) is 9.28. The highest BCUT2D eigenvalue weighted by Gasteiger charge is 2.58. The molecule has 5 heteroatoms. The van der Waals surface area contributed by atoms with Crippen LogP contribution in [0.2, 0.25) is 0 Å².